The average molecular weight is 421 g/mol. The Hall–Kier alpha value is 0.0197. The van der Waals surface area contributed by atoms with Crippen molar-refractivity contribution < 1.29 is 63.0 Å². The summed E-state index contributed by atoms with van der Waals surface area (Å²) in [6.45, 7) is -15.2. The van der Waals surface area contributed by atoms with Gasteiger partial charge in [0.05, 0.1) is 20.2 Å². The SMILES string of the molecule is [2H]N(C(=O)C([2H])([2H])[2H])C([2H])([2H])C([2H])([2H])C([2H])([2H])S(=O)(=O)[O-].[2H]N(C(=O)C([2H])([2H])[2H])C([2H])([2H])C([2H])([2H])C([2H])([2H])S(=O)(=O)[O-].[Ca+2]. The molecule has 0 radical (unpaired) electrons. The minimum absolute atomic E-state index is 0. The van der Waals surface area contributed by atoms with E-state index in [4.69, 9.17) is 27.5 Å². The zero-order valence-electron chi connectivity index (χ0n) is 30.7. The van der Waals surface area contributed by atoms with E-state index in [1.54, 1.807) is 0 Å². The van der Waals surface area contributed by atoms with Gasteiger partial charge in [-0.1, -0.05) is 0 Å². The van der Waals surface area contributed by atoms with E-state index in [-0.39, 0.29) is 37.7 Å². The number of carbonyl (C=O) groups excluding carboxylic acids is 2. The van der Waals surface area contributed by atoms with Crippen molar-refractivity contribution in [2.45, 2.75) is 26.4 Å². The van der Waals surface area contributed by atoms with Crippen molar-refractivity contribution in [1.82, 2.24) is 10.6 Å². The third-order valence-electron chi connectivity index (χ3n) is 0.779. The van der Waals surface area contributed by atoms with Crippen molar-refractivity contribution in [2.75, 3.05) is 24.4 Å². The fourth-order valence-corrected chi connectivity index (χ4v) is 0.669. The number of nitrogens with one attached hydrogen (secondary N) is 2. The van der Waals surface area contributed by atoms with Gasteiger partial charge in [-0.3, -0.25) is 9.59 Å². The third-order valence-corrected chi connectivity index (χ3v) is 1.48. The van der Waals surface area contributed by atoms with Crippen LogP contribution in [0.3, 0.4) is 0 Å². The molecular formula is C10H20CaN2O8S2. The van der Waals surface area contributed by atoms with Gasteiger partial charge in [0.15, 0.2) is 2.82 Å². The maximum Gasteiger partial charge on any atom is 2.00 e. The van der Waals surface area contributed by atoms with Crippen LogP contribution in [0.4, 0.5) is 0 Å². The van der Waals surface area contributed by atoms with Gasteiger partial charge in [-0.05, 0) is 12.7 Å². The molecule has 0 bridgehead atoms. The summed E-state index contributed by atoms with van der Waals surface area (Å²) in [6.07, 6.45) is -8.44. The Kier molecular flexibility index (Phi) is 4.35. The number of hydrogen-bond donors (Lipinski definition) is 2. The van der Waals surface area contributed by atoms with E-state index in [1.807, 2.05) is 0 Å². The molecule has 132 valence electrons. The van der Waals surface area contributed by atoms with Crippen LogP contribution in [-0.4, -0.2) is 99.9 Å². The number of amides is 2. The molecule has 13 heteroatoms. The second-order valence-electron chi connectivity index (χ2n) is 2.42. The van der Waals surface area contributed by atoms with Crippen molar-refractivity contribution >= 4 is 69.8 Å². The zero-order chi connectivity index (χ0) is 35.3. The first-order chi connectivity index (χ1) is 17.6. The van der Waals surface area contributed by atoms with Crippen molar-refractivity contribution in [1.29, 1.82) is 0 Å². The van der Waals surface area contributed by atoms with Gasteiger partial charge >= 0.3 is 37.7 Å². The summed E-state index contributed by atoms with van der Waals surface area (Å²) in [5.41, 5.74) is -8.73. The molecule has 0 fully saturated rings. The van der Waals surface area contributed by atoms with Gasteiger partial charge in [-0.2, -0.15) is 0 Å². The van der Waals surface area contributed by atoms with Crippen LogP contribution in [0.2, 0.25) is 2.82 Å². The molecule has 0 atom stereocenters. The fourth-order valence-electron chi connectivity index (χ4n) is 0.328. The Bertz CT molecular complexity index is 1150. The van der Waals surface area contributed by atoms with E-state index >= 15 is 0 Å². The second-order valence-corrected chi connectivity index (χ2v) is 4.64. The van der Waals surface area contributed by atoms with Crippen LogP contribution in [0.1, 0.15) is 51.1 Å². The Labute approximate surface area is 194 Å². The van der Waals surface area contributed by atoms with Gasteiger partial charge in [0, 0.05) is 62.8 Å². The fraction of sp³-hybridized carbons (Fsp3) is 0.800. The summed E-state index contributed by atoms with van der Waals surface area (Å²) in [6, 6.07) is 0. The molecule has 2 N–H and O–H groups in total. The molecule has 0 saturated carbocycles. The van der Waals surface area contributed by atoms with Crippen LogP contribution >= 0.6 is 0 Å². The standard InChI is InChI=1S/2C5H11NO4S.Ca/c2*1-5(7)6-3-2-4-11(8,9)10;/h2*2-4H2,1H3,(H,6,7)(H,8,9,10);/q;;+2/p-2/i2*1D3,2D2,3D2,4D2;/hD2. The van der Waals surface area contributed by atoms with Crippen LogP contribution in [0.15, 0.2) is 0 Å². The minimum Gasteiger partial charge on any atom is -0.748 e. The van der Waals surface area contributed by atoms with Gasteiger partial charge < -0.3 is 19.7 Å². The second kappa shape index (κ2) is 14.4. The van der Waals surface area contributed by atoms with E-state index in [9.17, 15) is 35.5 Å². The van der Waals surface area contributed by atoms with Crippen LogP contribution in [0.25, 0.3) is 0 Å². The minimum atomic E-state index is -6.03. The Morgan fingerprint density at radius 3 is 1.48 bits per heavy atom. The summed E-state index contributed by atoms with van der Waals surface area (Å²) >= 11 is 0. The molecular weight excluding hydrogens is 380 g/mol. The molecule has 0 aromatic rings. The summed E-state index contributed by atoms with van der Waals surface area (Å²) in [5.74, 6) is -4.43. The molecule has 0 aromatic carbocycles. The van der Waals surface area contributed by atoms with E-state index < -0.39 is 93.5 Å². The van der Waals surface area contributed by atoms with Gasteiger partial charge in [0.2, 0.25) is 11.8 Å². The van der Waals surface area contributed by atoms with Crippen LogP contribution in [0, 0.1) is 0 Å². The largest absolute Gasteiger partial charge is 2.00 e. The van der Waals surface area contributed by atoms with E-state index in [2.05, 4.69) is 0 Å². The number of hydrogen-bond acceptors (Lipinski definition) is 8. The molecule has 0 saturated heterocycles. The predicted molar refractivity (Wildman–Crippen MR) is 81.5 cm³/mol. The Morgan fingerprint density at radius 2 is 1.26 bits per heavy atom. The predicted octanol–water partition coefficient (Wildman–Crippen LogP) is -2.27. The van der Waals surface area contributed by atoms with Crippen molar-refractivity contribution in [3.63, 3.8) is 0 Å². The van der Waals surface area contributed by atoms with Gasteiger partial charge in [-0.25, -0.2) is 16.8 Å². The van der Waals surface area contributed by atoms with Gasteiger partial charge in [0.25, 0.3) is 0 Å². The molecule has 0 spiro atoms. The zero-order valence-corrected chi connectivity index (χ0v) is 14.5. The Morgan fingerprint density at radius 1 is 0.957 bits per heavy atom. The Balaban J connectivity index is -0.000000727. The van der Waals surface area contributed by atoms with Crippen molar-refractivity contribution in [3.8, 4) is 0 Å². The smallest absolute Gasteiger partial charge is 0.748 e. The van der Waals surface area contributed by atoms with Gasteiger partial charge in [0.1, 0.15) is 0 Å². The van der Waals surface area contributed by atoms with Crippen molar-refractivity contribution in [3.05, 3.63) is 0 Å². The molecule has 0 unspecified atom stereocenters. The molecule has 0 aliphatic carbocycles. The third kappa shape index (κ3) is 34.4. The first-order valence-corrected chi connectivity index (χ1v) is 7.03. The number of rotatable bonds is 8. The van der Waals surface area contributed by atoms with E-state index in [1.165, 1.54) is 0 Å². The molecule has 10 nitrogen and oxygen atoms in total. The van der Waals surface area contributed by atoms with Crippen LogP contribution < -0.4 is 10.6 Å². The maximum atomic E-state index is 11.3. The van der Waals surface area contributed by atoms with E-state index in [0.717, 1.165) is 0 Å². The van der Waals surface area contributed by atoms with Gasteiger partial charge in [-0.15, -0.1) is 0 Å². The average Bonchev–Trinajstić information content (AvgIpc) is 2.73. The summed E-state index contributed by atoms with van der Waals surface area (Å²) < 4.78 is 204. The molecule has 0 aliphatic heterocycles. The topological polar surface area (TPSA) is 173 Å². The molecule has 23 heavy (non-hydrogen) atoms. The summed E-state index contributed by atoms with van der Waals surface area (Å²) in [4.78, 5) is 22.5. The first kappa shape index (κ1) is 6.97. The maximum absolute atomic E-state index is 11.3. The van der Waals surface area contributed by atoms with Crippen LogP contribution in [0.5, 0.6) is 0 Å². The summed E-state index contributed by atoms with van der Waals surface area (Å²) in [7, 11) is -12.1. The molecule has 2 amide bonds. The quantitative estimate of drug-likeness (QED) is 0.327. The normalized spacial score (nSPS) is 28.3. The number of carbonyl (C=O) groups is 2. The molecule has 0 rings (SSSR count). The molecule has 0 aliphatic rings. The molecule has 0 heterocycles. The monoisotopic (exact) mass is 420 g/mol. The molecule has 0 aromatic heterocycles. The van der Waals surface area contributed by atoms with Crippen LogP contribution in [-0.2, 0) is 29.8 Å². The van der Waals surface area contributed by atoms with Crippen molar-refractivity contribution in [2.24, 2.45) is 0 Å². The first-order valence-electron chi connectivity index (χ1n) is 14.1. The van der Waals surface area contributed by atoms with E-state index in [0.29, 0.717) is 0 Å². The summed E-state index contributed by atoms with van der Waals surface area (Å²) in [5, 5.41) is -2.08.